The number of hydrogen-bond donors (Lipinski definition) is 1. The molecule has 1 aromatic heterocycles. The van der Waals surface area contributed by atoms with Gasteiger partial charge in [0.05, 0.1) is 12.0 Å². The minimum absolute atomic E-state index is 0.128. The molecule has 5 heteroatoms. The Hall–Kier alpha value is -1.36. The van der Waals surface area contributed by atoms with Gasteiger partial charge in [0.1, 0.15) is 4.88 Å². The maximum absolute atomic E-state index is 12.0. The number of nitrogens with one attached hydrogen (secondary N) is 1. The predicted molar refractivity (Wildman–Crippen MR) is 76.7 cm³/mol. The number of thiophene rings is 1. The Balaban J connectivity index is 2.53. The maximum atomic E-state index is 12.0. The summed E-state index contributed by atoms with van der Waals surface area (Å²) in [5, 5.41) is 2.94. The number of carbonyl (C=O) groups excluding carboxylic acids is 2. The summed E-state index contributed by atoms with van der Waals surface area (Å²) in [6.07, 6.45) is 2.04. The zero-order valence-corrected chi connectivity index (χ0v) is 12.7. The van der Waals surface area contributed by atoms with Crippen LogP contribution in [-0.4, -0.2) is 25.0 Å². The highest BCUT2D eigenvalue weighted by Gasteiger charge is 2.15. The fourth-order valence-corrected chi connectivity index (χ4v) is 2.45. The lowest BCUT2D eigenvalue weighted by Crippen LogP contribution is -2.32. The highest BCUT2D eigenvalue weighted by molar-refractivity contribution is 7.15. The third-order valence-electron chi connectivity index (χ3n) is 2.77. The van der Waals surface area contributed by atoms with Crippen molar-refractivity contribution in [2.24, 2.45) is 5.92 Å². The van der Waals surface area contributed by atoms with Gasteiger partial charge >= 0.3 is 5.97 Å². The molecule has 1 rings (SSSR count). The second kappa shape index (κ2) is 7.28. The summed E-state index contributed by atoms with van der Waals surface area (Å²) in [7, 11) is 1.33. The summed E-state index contributed by atoms with van der Waals surface area (Å²) < 4.78 is 4.62. The monoisotopic (exact) mass is 283 g/mol. The van der Waals surface area contributed by atoms with Crippen molar-refractivity contribution in [2.45, 2.75) is 39.7 Å². The van der Waals surface area contributed by atoms with E-state index in [4.69, 9.17) is 0 Å². The number of methoxy groups -OCH3 is 1. The molecule has 0 bridgehead atoms. The topological polar surface area (TPSA) is 55.4 Å². The van der Waals surface area contributed by atoms with Crippen molar-refractivity contribution in [3.8, 4) is 0 Å². The molecule has 0 aliphatic heterocycles. The summed E-state index contributed by atoms with van der Waals surface area (Å²) in [6.45, 7) is 6.32. The zero-order chi connectivity index (χ0) is 14.4. The Bertz CT molecular complexity index is 440. The van der Waals surface area contributed by atoms with E-state index >= 15 is 0 Å². The average molecular weight is 283 g/mol. The lowest BCUT2D eigenvalue weighted by atomic mass is 10.0. The van der Waals surface area contributed by atoms with E-state index in [2.05, 4.69) is 23.9 Å². The van der Waals surface area contributed by atoms with Crippen molar-refractivity contribution in [1.29, 1.82) is 0 Å². The molecule has 0 spiro atoms. The maximum Gasteiger partial charge on any atom is 0.348 e. The van der Waals surface area contributed by atoms with Crippen molar-refractivity contribution in [3.05, 3.63) is 21.9 Å². The van der Waals surface area contributed by atoms with E-state index in [0.717, 1.165) is 24.2 Å². The lowest BCUT2D eigenvalue weighted by Gasteiger charge is -2.14. The number of carbonyl (C=O) groups is 2. The third-order valence-corrected chi connectivity index (χ3v) is 3.83. The second-order valence-electron chi connectivity index (χ2n) is 5.00. The molecule has 0 aromatic carbocycles. The normalized spacial score (nSPS) is 12.3. The van der Waals surface area contributed by atoms with Gasteiger partial charge in [0.2, 0.25) is 0 Å². The molecule has 0 fully saturated rings. The van der Waals surface area contributed by atoms with Crippen molar-refractivity contribution >= 4 is 23.2 Å². The summed E-state index contributed by atoms with van der Waals surface area (Å²) in [5.41, 5.74) is 0. The van der Waals surface area contributed by atoms with Crippen molar-refractivity contribution in [1.82, 2.24) is 5.32 Å². The van der Waals surface area contributed by atoms with Crippen LogP contribution in [0.15, 0.2) is 12.1 Å². The molecule has 4 nitrogen and oxygen atoms in total. The van der Waals surface area contributed by atoms with Crippen molar-refractivity contribution in [2.75, 3.05) is 7.11 Å². The van der Waals surface area contributed by atoms with Crippen LogP contribution >= 0.6 is 11.3 Å². The van der Waals surface area contributed by atoms with E-state index in [9.17, 15) is 9.59 Å². The van der Waals surface area contributed by atoms with E-state index < -0.39 is 5.97 Å². The van der Waals surface area contributed by atoms with Gasteiger partial charge < -0.3 is 10.1 Å². The van der Waals surface area contributed by atoms with Crippen LogP contribution in [0.1, 0.15) is 53.0 Å². The highest BCUT2D eigenvalue weighted by Crippen LogP contribution is 2.17. The van der Waals surface area contributed by atoms with E-state index in [0.29, 0.717) is 15.7 Å². The largest absolute Gasteiger partial charge is 0.465 e. The molecular formula is C14H21NO3S. The molecule has 0 saturated heterocycles. The fourth-order valence-electron chi connectivity index (χ4n) is 1.62. The van der Waals surface area contributed by atoms with Gasteiger partial charge in [-0.1, -0.05) is 13.8 Å². The molecule has 19 heavy (non-hydrogen) atoms. The number of amides is 1. The quantitative estimate of drug-likeness (QED) is 0.816. The number of ether oxygens (including phenoxy) is 1. The van der Waals surface area contributed by atoms with Gasteiger partial charge in [-0.25, -0.2) is 4.79 Å². The highest BCUT2D eigenvalue weighted by atomic mass is 32.1. The molecular weight excluding hydrogens is 262 g/mol. The SMILES string of the molecule is COC(=O)c1ccc(C(=O)NC(C)CCC(C)C)s1. The molecule has 1 atom stereocenters. The number of hydrogen-bond acceptors (Lipinski definition) is 4. The van der Waals surface area contributed by atoms with Gasteiger partial charge in [-0.3, -0.25) is 4.79 Å². The van der Waals surface area contributed by atoms with Crippen LogP contribution in [0.5, 0.6) is 0 Å². The van der Waals surface area contributed by atoms with E-state index in [1.165, 1.54) is 7.11 Å². The molecule has 0 radical (unpaired) electrons. The Morgan fingerprint density at radius 1 is 1.21 bits per heavy atom. The van der Waals surface area contributed by atoms with Crippen LogP contribution in [-0.2, 0) is 4.74 Å². The van der Waals surface area contributed by atoms with Crippen molar-refractivity contribution < 1.29 is 14.3 Å². The van der Waals surface area contributed by atoms with Gasteiger partial charge in [0.15, 0.2) is 0 Å². The van der Waals surface area contributed by atoms with Crippen LogP contribution in [0, 0.1) is 5.92 Å². The molecule has 1 unspecified atom stereocenters. The van der Waals surface area contributed by atoms with Gasteiger partial charge in [-0.15, -0.1) is 11.3 Å². The zero-order valence-electron chi connectivity index (χ0n) is 11.9. The van der Waals surface area contributed by atoms with Crippen LogP contribution in [0.25, 0.3) is 0 Å². The Morgan fingerprint density at radius 3 is 2.42 bits per heavy atom. The van der Waals surface area contributed by atoms with E-state index in [1.807, 2.05) is 6.92 Å². The summed E-state index contributed by atoms with van der Waals surface area (Å²) in [5.74, 6) is 0.0975. The molecule has 106 valence electrons. The van der Waals surface area contributed by atoms with Gasteiger partial charge in [0.25, 0.3) is 5.91 Å². The summed E-state index contributed by atoms with van der Waals surface area (Å²) >= 11 is 1.15. The Labute approximate surface area is 118 Å². The number of esters is 1. The van der Waals surface area contributed by atoms with Crippen LogP contribution in [0.3, 0.4) is 0 Å². The average Bonchev–Trinajstić information content (AvgIpc) is 2.85. The van der Waals surface area contributed by atoms with Crippen LogP contribution in [0.2, 0.25) is 0 Å². The van der Waals surface area contributed by atoms with E-state index in [1.54, 1.807) is 12.1 Å². The first kappa shape index (κ1) is 15.7. The fraction of sp³-hybridized carbons (Fsp3) is 0.571. The standard InChI is InChI=1S/C14H21NO3S/c1-9(2)5-6-10(3)15-13(16)11-7-8-12(19-11)14(17)18-4/h7-10H,5-6H2,1-4H3,(H,15,16). The van der Waals surface area contributed by atoms with Gasteiger partial charge in [0, 0.05) is 6.04 Å². The molecule has 1 heterocycles. The summed E-state index contributed by atoms with van der Waals surface area (Å²) in [6, 6.07) is 3.41. The first-order chi connectivity index (χ1) is 8.93. The predicted octanol–water partition coefficient (Wildman–Crippen LogP) is 3.09. The molecule has 1 aromatic rings. The van der Waals surface area contributed by atoms with Gasteiger partial charge in [-0.2, -0.15) is 0 Å². The molecule has 0 aliphatic carbocycles. The molecule has 0 saturated carbocycles. The lowest BCUT2D eigenvalue weighted by molar-refractivity contribution is 0.0606. The molecule has 1 N–H and O–H groups in total. The smallest absolute Gasteiger partial charge is 0.348 e. The molecule has 1 amide bonds. The Kier molecular flexibility index (Phi) is 6.02. The summed E-state index contributed by atoms with van der Waals surface area (Å²) in [4.78, 5) is 24.3. The molecule has 0 aliphatic rings. The Morgan fingerprint density at radius 2 is 1.84 bits per heavy atom. The van der Waals surface area contributed by atoms with Gasteiger partial charge in [-0.05, 0) is 37.8 Å². The van der Waals surface area contributed by atoms with Crippen molar-refractivity contribution in [3.63, 3.8) is 0 Å². The number of rotatable bonds is 6. The second-order valence-corrected chi connectivity index (χ2v) is 6.08. The minimum atomic E-state index is -0.406. The first-order valence-electron chi connectivity index (χ1n) is 6.43. The first-order valence-corrected chi connectivity index (χ1v) is 7.24. The van der Waals surface area contributed by atoms with E-state index in [-0.39, 0.29) is 11.9 Å². The minimum Gasteiger partial charge on any atom is -0.465 e. The third kappa shape index (κ3) is 5.03. The van der Waals surface area contributed by atoms with Crippen LogP contribution < -0.4 is 5.32 Å². The van der Waals surface area contributed by atoms with Crippen LogP contribution in [0.4, 0.5) is 0 Å².